The average Bonchev–Trinajstić information content (AvgIpc) is 3.09. The molecule has 0 spiro atoms. The van der Waals surface area contributed by atoms with Crippen LogP contribution in [0.15, 0.2) is 24.3 Å². The van der Waals surface area contributed by atoms with E-state index in [1.54, 1.807) is 24.3 Å². The van der Waals surface area contributed by atoms with Crippen molar-refractivity contribution in [2.45, 2.75) is 25.9 Å². The standard InChI is InChI=1S/C18H25N3O3/c1-14(22)15-4-6-16(7-5-15)19-18(23)21-10-8-20(9-11-21)13-17-3-2-12-24-17/h4-7,17H,2-3,8-13H2,1H3,(H,19,23). The molecule has 6 nitrogen and oxygen atoms in total. The molecule has 1 N–H and O–H groups in total. The van der Waals surface area contributed by atoms with Gasteiger partial charge in [0.05, 0.1) is 6.10 Å². The molecular formula is C18H25N3O3. The summed E-state index contributed by atoms with van der Waals surface area (Å²) in [5, 5.41) is 2.90. The van der Waals surface area contributed by atoms with E-state index >= 15 is 0 Å². The van der Waals surface area contributed by atoms with Crippen LogP contribution >= 0.6 is 0 Å². The summed E-state index contributed by atoms with van der Waals surface area (Å²) in [6.07, 6.45) is 2.68. The number of anilines is 1. The van der Waals surface area contributed by atoms with Crippen LogP contribution in [-0.4, -0.2) is 67.0 Å². The molecule has 0 saturated carbocycles. The fourth-order valence-electron chi connectivity index (χ4n) is 3.20. The van der Waals surface area contributed by atoms with E-state index in [0.29, 0.717) is 17.4 Å². The number of nitrogens with zero attached hydrogens (tertiary/aromatic N) is 2. The van der Waals surface area contributed by atoms with Gasteiger partial charge in [0.1, 0.15) is 0 Å². The number of amides is 2. The second-order valence-electron chi connectivity index (χ2n) is 6.49. The molecule has 24 heavy (non-hydrogen) atoms. The van der Waals surface area contributed by atoms with Crippen LogP contribution in [0.5, 0.6) is 0 Å². The third-order valence-corrected chi connectivity index (χ3v) is 4.69. The van der Waals surface area contributed by atoms with Gasteiger partial charge < -0.3 is 15.0 Å². The number of ketones is 1. The van der Waals surface area contributed by atoms with Crippen LogP contribution in [0.25, 0.3) is 0 Å². The predicted molar refractivity (Wildman–Crippen MR) is 92.5 cm³/mol. The van der Waals surface area contributed by atoms with Gasteiger partial charge in [-0.15, -0.1) is 0 Å². The molecule has 2 aliphatic heterocycles. The van der Waals surface area contributed by atoms with Gasteiger partial charge >= 0.3 is 6.03 Å². The van der Waals surface area contributed by atoms with Gasteiger partial charge in [-0.3, -0.25) is 9.69 Å². The van der Waals surface area contributed by atoms with Crippen LogP contribution in [0.2, 0.25) is 0 Å². The maximum atomic E-state index is 12.3. The third kappa shape index (κ3) is 4.33. The van der Waals surface area contributed by atoms with Crippen molar-refractivity contribution < 1.29 is 14.3 Å². The number of benzene rings is 1. The Morgan fingerprint density at radius 2 is 1.88 bits per heavy atom. The summed E-state index contributed by atoms with van der Waals surface area (Å²) in [6.45, 7) is 6.61. The molecule has 130 valence electrons. The molecule has 0 aliphatic carbocycles. The number of carbonyl (C=O) groups excluding carboxylic acids is 2. The van der Waals surface area contributed by atoms with Crippen molar-refractivity contribution in [3.63, 3.8) is 0 Å². The lowest BCUT2D eigenvalue weighted by Crippen LogP contribution is -2.51. The molecule has 1 atom stereocenters. The Morgan fingerprint density at radius 1 is 1.17 bits per heavy atom. The summed E-state index contributed by atoms with van der Waals surface area (Å²) < 4.78 is 5.68. The lowest BCUT2D eigenvalue weighted by Gasteiger charge is -2.35. The molecule has 0 bridgehead atoms. The first-order chi connectivity index (χ1) is 11.6. The molecule has 2 saturated heterocycles. The smallest absolute Gasteiger partial charge is 0.321 e. The molecule has 0 radical (unpaired) electrons. The van der Waals surface area contributed by atoms with Crippen LogP contribution < -0.4 is 5.32 Å². The van der Waals surface area contributed by atoms with Gasteiger partial charge in [-0.1, -0.05) is 0 Å². The highest BCUT2D eigenvalue weighted by molar-refractivity contribution is 5.95. The zero-order valence-corrected chi connectivity index (χ0v) is 14.2. The molecule has 1 aromatic rings. The fourth-order valence-corrected chi connectivity index (χ4v) is 3.20. The largest absolute Gasteiger partial charge is 0.377 e. The minimum Gasteiger partial charge on any atom is -0.377 e. The molecule has 2 amide bonds. The zero-order chi connectivity index (χ0) is 16.9. The first kappa shape index (κ1) is 16.9. The molecule has 2 fully saturated rings. The van der Waals surface area contributed by atoms with E-state index in [1.165, 1.54) is 6.92 Å². The van der Waals surface area contributed by atoms with E-state index < -0.39 is 0 Å². The number of hydrogen-bond acceptors (Lipinski definition) is 4. The minimum atomic E-state index is -0.0812. The molecule has 2 aliphatic rings. The SMILES string of the molecule is CC(=O)c1ccc(NC(=O)N2CCN(CC3CCCO3)CC2)cc1. The number of Topliss-reactive ketones (excluding diaryl/α,β-unsaturated/α-hetero) is 1. The Bertz CT molecular complexity index is 574. The lowest BCUT2D eigenvalue weighted by molar-refractivity contribution is 0.0572. The van der Waals surface area contributed by atoms with E-state index in [4.69, 9.17) is 4.74 Å². The van der Waals surface area contributed by atoms with Crippen molar-refractivity contribution in [1.29, 1.82) is 0 Å². The van der Waals surface area contributed by atoms with Crippen molar-refractivity contribution in [2.75, 3.05) is 44.6 Å². The summed E-state index contributed by atoms with van der Waals surface area (Å²) in [4.78, 5) is 27.8. The summed E-state index contributed by atoms with van der Waals surface area (Å²) in [7, 11) is 0. The van der Waals surface area contributed by atoms with E-state index in [1.807, 2.05) is 4.90 Å². The fraction of sp³-hybridized carbons (Fsp3) is 0.556. The topological polar surface area (TPSA) is 61.9 Å². The number of carbonyl (C=O) groups is 2. The van der Waals surface area contributed by atoms with Crippen molar-refractivity contribution in [3.05, 3.63) is 29.8 Å². The summed E-state index contributed by atoms with van der Waals surface area (Å²) in [5.41, 5.74) is 1.36. The molecular weight excluding hydrogens is 306 g/mol. The normalized spacial score (nSPS) is 21.7. The van der Waals surface area contributed by atoms with Crippen molar-refractivity contribution in [1.82, 2.24) is 9.80 Å². The maximum Gasteiger partial charge on any atom is 0.321 e. The highest BCUT2D eigenvalue weighted by Gasteiger charge is 2.24. The van der Waals surface area contributed by atoms with Gasteiger partial charge in [0, 0.05) is 50.6 Å². The Balaban J connectivity index is 1.45. The minimum absolute atomic E-state index is 0.0234. The van der Waals surface area contributed by atoms with Crippen LogP contribution in [0.4, 0.5) is 10.5 Å². The molecule has 2 heterocycles. The molecule has 0 aromatic heterocycles. The van der Waals surface area contributed by atoms with E-state index in [-0.39, 0.29) is 11.8 Å². The third-order valence-electron chi connectivity index (χ3n) is 4.69. The first-order valence-electron chi connectivity index (χ1n) is 8.63. The highest BCUT2D eigenvalue weighted by Crippen LogP contribution is 2.15. The van der Waals surface area contributed by atoms with Crippen LogP contribution in [0.1, 0.15) is 30.1 Å². The number of urea groups is 1. The van der Waals surface area contributed by atoms with Crippen molar-refractivity contribution in [3.8, 4) is 0 Å². The number of rotatable bonds is 4. The second-order valence-corrected chi connectivity index (χ2v) is 6.49. The summed E-state index contributed by atoms with van der Waals surface area (Å²) >= 11 is 0. The van der Waals surface area contributed by atoms with Gasteiger partial charge in [-0.2, -0.15) is 0 Å². The molecule has 1 aromatic carbocycles. The molecule has 6 heteroatoms. The Labute approximate surface area is 142 Å². The van der Waals surface area contributed by atoms with Gasteiger partial charge in [-0.25, -0.2) is 4.79 Å². The number of hydrogen-bond donors (Lipinski definition) is 1. The van der Waals surface area contributed by atoms with Gasteiger partial charge in [0.2, 0.25) is 0 Å². The van der Waals surface area contributed by atoms with Crippen molar-refractivity contribution >= 4 is 17.5 Å². The maximum absolute atomic E-state index is 12.3. The van der Waals surface area contributed by atoms with Crippen LogP contribution in [0.3, 0.4) is 0 Å². The monoisotopic (exact) mass is 331 g/mol. The first-order valence-corrected chi connectivity index (χ1v) is 8.63. The van der Waals surface area contributed by atoms with E-state index in [9.17, 15) is 9.59 Å². The second kappa shape index (κ2) is 7.77. The summed E-state index contributed by atoms with van der Waals surface area (Å²) in [5.74, 6) is 0.0234. The number of piperazine rings is 1. The highest BCUT2D eigenvalue weighted by atomic mass is 16.5. The van der Waals surface area contributed by atoms with Crippen LogP contribution in [0, 0.1) is 0 Å². The Hall–Kier alpha value is -1.92. The molecule has 1 unspecified atom stereocenters. The quantitative estimate of drug-likeness (QED) is 0.860. The van der Waals surface area contributed by atoms with Crippen molar-refractivity contribution in [2.24, 2.45) is 0 Å². The lowest BCUT2D eigenvalue weighted by atomic mass is 10.1. The zero-order valence-electron chi connectivity index (χ0n) is 14.2. The van der Waals surface area contributed by atoms with Crippen LogP contribution in [-0.2, 0) is 4.74 Å². The Kier molecular flexibility index (Phi) is 5.48. The number of ether oxygens (including phenoxy) is 1. The van der Waals surface area contributed by atoms with E-state index in [0.717, 1.165) is 52.2 Å². The Morgan fingerprint density at radius 3 is 2.46 bits per heavy atom. The van der Waals surface area contributed by atoms with Gasteiger partial charge in [0.15, 0.2) is 5.78 Å². The number of nitrogens with one attached hydrogen (secondary N) is 1. The summed E-state index contributed by atoms with van der Waals surface area (Å²) in [6, 6.07) is 6.92. The molecule has 3 rings (SSSR count). The predicted octanol–water partition coefficient (Wildman–Crippen LogP) is 2.22. The van der Waals surface area contributed by atoms with Gasteiger partial charge in [0.25, 0.3) is 0 Å². The van der Waals surface area contributed by atoms with E-state index in [2.05, 4.69) is 10.2 Å². The van der Waals surface area contributed by atoms with Gasteiger partial charge in [-0.05, 0) is 44.0 Å². The average molecular weight is 331 g/mol.